The van der Waals surface area contributed by atoms with Crippen molar-refractivity contribution in [2.75, 3.05) is 11.1 Å². The molecule has 2 aromatic rings. The van der Waals surface area contributed by atoms with Gasteiger partial charge in [0.05, 0.1) is 17.4 Å². The van der Waals surface area contributed by atoms with E-state index in [1.165, 1.54) is 6.07 Å². The van der Waals surface area contributed by atoms with E-state index in [0.717, 1.165) is 18.1 Å². The minimum Gasteiger partial charge on any atom is -0.395 e. The molecule has 0 aliphatic rings. The van der Waals surface area contributed by atoms with Crippen LogP contribution in [0.1, 0.15) is 24.9 Å². The fraction of sp³-hybridized carbons (Fsp3) is 0.200. The Bertz CT molecular complexity index is 556. The summed E-state index contributed by atoms with van der Waals surface area (Å²) in [5, 5.41) is 3.09. The lowest BCUT2D eigenvalue weighted by Gasteiger charge is -2.20. The summed E-state index contributed by atoms with van der Waals surface area (Å²) < 4.78 is 26.6. The second-order valence-corrected chi connectivity index (χ2v) is 4.36. The molecule has 100 valence electrons. The van der Waals surface area contributed by atoms with Crippen molar-refractivity contribution in [3.8, 4) is 0 Å². The van der Waals surface area contributed by atoms with Gasteiger partial charge >= 0.3 is 0 Å². The van der Waals surface area contributed by atoms with E-state index in [4.69, 9.17) is 5.73 Å². The Morgan fingerprint density at radius 3 is 2.47 bits per heavy atom. The highest BCUT2D eigenvalue weighted by Crippen LogP contribution is 2.28. The van der Waals surface area contributed by atoms with Gasteiger partial charge < -0.3 is 11.1 Å². The van der Waals surface area contributed by atoms with Crippen molar-refractivity contribution in [1.82, 2.24) is 0 Å². The van der Waals surface area contributed by atoms with Crippen LogP contribution in [0.4, 0.5) is 20.2 Å². The Labute approximate surface area is 111 Å². The summed E-state index contributed by atoms with van der Waals surface area (Å²) in [6, 6.07) is 11.7. The molecule has 1 unspecified atom stereocenters. The molecule has 0 aliphatic heterocycles. The van der Waals surface area contributed by atoms with E-state index in [-0.39, 0.29) is 17.4 Å². The zero-order chi connectivity index (χ0) is 13.8. The zero-order valence-electron chi connectivity index (χ0n) is 10.7. The molecule has 0 heterocycles. The van der Waals surface area contributed by atoms with Gasteiger partial charge in [-0.05, 0) is 18.1 Å². The fourth-order valence-corrected chi connectivity index (χ4v) is 2.00. The average Bonchev–Trinajstić information content (AvgIpc) is 2.42. The maximum atomic E-state index is 13.4. The first-order valence-electron chi connectivity index (χ1n) is 6.17. The minimum atomic E-state index is -0.745. The molecule has 0 saturated carbocycles. The van der Waals surface area contributed by atoms with Crippen LogP contribution in [-0.4, -0.2) is 0 Å². The lowest BCUT2D eigenvalue weighted by Crippen LogP contribution is -2.12. The molecule has 19 heavy (non-hydrogen) atoms. The van der Waals surface area contributed by atoms with Gasteiger partial charge in [0.25, 0.3) is 0 Å². The van der Waals surface area contributed by atoms with Crippen molar-refractivity contribution >= 4 is 11.4 Å². The van der Waals surface area contributed by atoms with Gasteiger partial charge in [-0.15, -0.1) is 0 Å². The normalized spacial score (nSPS) is 12.2. The molecule has 3 N–H and O–H groups in total. The van der Waals surface area contributed by atoms with Gasteiger partial charge in [-0.3, -0.25) is 0 Å². The number of benzene rings is 2. The first-order chi connectivity index (χ1) is 9.11. The molecule has 2 rings (SSSR count). The molecule has 2 aromatic carbocycles. The van der Waals surface area contributed by atoms with Crippen molar-refractivity contribution < 1.29 is 8.78 Å². The molecular formula is C15H16F2N2. The summed E-state index contributed by atoms with van der Waals surface area (Å²) in [5.74, 6) is -1.39. The van der Waals surface area contributed by atoms with Crippen molar-refractivity contribution in [2.24, 2.45) is 0 Å². The van der Waals surface area contributed by atoms with E-state index in [2.05, 4.69) is 5.32 Å². The molecular weight excluding hydrogens is 246 g/mol. The SMILES string of the molecule is CCC(Nc1cc(F)cc(F)c1N)c1ccccc1. The van der Waals surface area contributed by atoms with Crippen LogP contribution >= 0.6 is 0 Å². The average molecular weight is 262 g/mol. The Morgan fingerprint density at radius 1 is 1.16 bits per heavy atom. The Kier molecular flexibility index (Phi) is 4.00. The minimum absolute atomic E-state index is 0.0373. The van der Waals surface area contributed by atoms with E-state index in [1.54, 1.807) is 0 Å². The van der Waals surface area contributed by atoms with Crippen molar-refractivity contribution in [2.45, 2.75) is 19.4 Å². The smallest absolute Gasteiger partial charge is 0.151 e. The van der Waals surface area contributed by atoms with Crippen molar-refractivity contribution in [1.29, 1.82) is 0 Å². The van der Waals surface area contributed by atoms with Gasteiger partial charge in [-0.25, -0.2) is 8.78 Å². The van der Waals surface area contributed by atoms with Crippen LogP contribution in [0, 0.1) is 11.6 Å². The number of nitrogens with two attached hydrogens (primary N) is 1. The topological polar surface area (TPSA) is 38.0 Å². The quantitative estimate of drug-likeness (QED) is 0.814. The number of anilines is 2. The summed E-state index contributed by atoms with van der Waals surface area (Å²) in [4.78, 5) is 0. The van der Waals surface area contributed by atoms with E-state index in [0.29, 0.717) is 0 Å². The largest absolute Gasteiger partial charge is 0.395 e. The van der Waals surface area contributed by atoms with Gasteiger partial charge in [-0.1, -0.05) is 37.3 Å². The molecule has 0 fully saturated rings. The van der Waals surface area contributed by atoms with Gasteiger partial charge in [0.2, 0.25) is 0 Å². The number of hydrogen-bond acceptors (Lipinski definition) is 2. The van der Waals surface area contributed by atoms with Crippen LogP contribution in [0.15, 0.2) is 42.5 Å². The summed E-state index contributed by atoms with van der Waals surface area (Å²) in [7, 11) is 0. The van der Waals surface area contributed by atoms with E-state index in [9.17, 15) is 8.78 Å². The second kappa shape index (κ2) is 5.69. The highest BCUT2D eigenvalue weighted by Gasteiger charge is 2.13. The first-order valence-corrected chi connectivity index (χ1v) is 6.17. The molecule has 0 amide bonds. The number of nitrogens with one attached hydrogen (secondary N) is 1. The standard InChI is InChI=1S/C15H16F2N2/c1-2-13(10-6-4-3-5-7-10)19-14-9-11(16)8-12(17)15(14)18/h3-9,13,19H,2,18H2,1H3. The number of hydrogen-bond donors (Lipinski definition) is 2. The van der Waals surface area contributed by atoms with Crippen LogP contribution in [0.25, 0.3) is 0 Å². The van der Waals surface area contributed by atoms with Gasteiger partial charge in [0.15, 0.2) is 5.82 Å². The maximum absolute atomic E-state index is 13.4. The molecule has 0 aromatic heterocycles. The molecule has 0 bridgehead atoms. The maximum Gasteiger partial charge on any atom is 0.151 e. The Morgan fingerprint density at radius 2 is 1.84 bits per heavy atom. The van der Waals surface area contributed by atoms with Crippen molar-refractivity contribution in [3.63, 3.8) is 0 Å². The van der Waals surface area contributed by atoms with Gasteiger partial charge in [-0.2, -0.15) is 0 Å². The van der Waals surface area contributed by atoms with Crippen LogP contribution in [0.3, 0.4) is 0 Å². The first kappa shape index (κ1) is 13.3. The van der Waals surface area contributed by atoms with Crippen LogP contribution in [0.5, 0.6) is 0 Å². The van der Waals surface area contributed by atoms with Crippen LogP contribution < -0.4 is 11.1 Å². The predicted octanol–water partition coefficient (Wildman–Crippen LogP) is 4.11. The number of halogens is 2. The molecule has 4 heteroatoms. The van der Waals surface area contributed by atoms with Gasteiger partial charge in [0.1, 0.15) is 5.82 Å². The number of nitrogen functional groups attached to an aromatic ring is 1. The zero-order valence-corrected chi connectivity index (χ0v) is 10.7. The second-order valence-electron chi connectivity index (χ2n) is 4.36. The lowest BCUT2D eigenvalue weighted by atomic mass is 10.0. The van der Waals surface area contributed by atoms with Crippen LogP contribution in [0.2, 0.25) is 0 Å². The summed E-state index contributed by atoms with van der Waals surface area (Å²) >= 11 is 0. The Balaban J connectivity index is 2.29. The van der Waals surface area contributed by atoms with E-state index in [1.807, 2.05) is 37.3 Å². The molecule has 0 aliphatic carbocycles. The molecule has 2 nitrogen and oxygen atoms in total. The number of rotatable bonds is 4. The summed E-state index contributed by atoms with van der Waals surface area (Å²) in [6.07, 6.45) is 0.779. The monoisotopic (exact) mass is 262 g/mol. The van der Waals surface area contributed by atoms with Gasteiger partial charge in [0, 0.05) is 6.07 Å². The molecule has 0 saturated heterocycles. The third-order valence-corrected chi connectivity index (χ3v) is 3.03. The fourth-order valence-electron chi connectivity index (χ4n) is 2.00. The highest BCUT2D eigenvalue weighted by molar-refractivity contribution is 5.67. The summed E-state index contributed by atoms with van der Waals surface area (Å²) in [6.45, 7) is 2.00. The predicted molar refractivity (Wildman–Crippen MR) is 73.9 cm³/mol. The van der Waals surface area contributed by atoms with Crippen molar-refractivity contribution in [3.05, 3.63) is 59.7 Å². The van der Waals surface area contributed by atoms with Crippen LogP contribution in [-0.2, 0) is 0 Å². The lowest BCUT2D eigenvalue weighted by molar-refractivity contribution is 0.586. The third kappa shape index (κ3) is 3.02. The molecule has 1 atom stereocenters. The highest BCUT2D eigenvalue weighted by atomic mass is 19.1. The molecule has 0 radical (unpaired) electrons. The Hall–Kier alpha value is -2.10. The third-order valence-electron chi connectivity index (χ3n) is 3.03. The van der Waals surface area contributed by atoms with E-state index >= 15 is 0 Å². The summed E-state index contributed by atoms with van der Waals surface area (Å²) in [5.41, 5.74) is 6.90. The molecule has 0 spiro atoms. The van der Waals surface area contributed by atoms with E-state index < -0.39 is 11.6 Å².